The molecule has 1 aromatic heterocycles. The van der Waals surface area contributed by atoms with Gasteiger partial charge in [-0.25, -0.2) is 9.18 Å². The van der Waals surface area contributed by atoms with Crippen molar-refractivity contribution in [2.45, 2.75) is 13.0 Å². The van der Waals surface area contributed by atoms with Crippen molar-refractivity contribution in [1.82, 2.24) is 15.5 Å². The van der Waals surface area contributed by atoms with E-state index in [1.165, 1.54) is 6.07 Å². The van der Waals surface area contributed by atoms with Gasteiger partial charge in [0.05, 0.1) is 5.52 Å². The van der Waals surface area contributed by atoms with Crippen molar-refractivity contribution in [2.24, 2.45) is 0 Å². The summed E-state index contributed by atoms with van der Waals surface area (Å²) in [6.45, 7) is 0.619. The van der Waals surface area contributed by atoms with Crippen LogP contribution >= 0.6 is 0 Å². The van der Waals surface area contributed by atoms with Crippen molar-refractivity contribution < 1.29 is 13.9 Å². The van der Waals surface area contributed by atoms with E-state index in [0.717, 1.165) is 17.5 Å². The topological polar surface area (TPSA) is 79.0 Å². The lowest BCUT2D eigenvalue weighted by molar-refractivity contribution is 0.252. The number of halogens is 1. The first-order valence-electron chi connectivity index (χ1n) is 9.62. The van der Waals surface area contributed by atoms with Crippen molar-refractivity contribution >= 4 is 22.8 Å². The average molecular weight is 404 g/mol. The maximum absolute atomic E-state index is 13.8. The normalized spacial score (nSPS) is 10.7. The highest BCUT2D eigenvalue weighted by molar-refractivity contribution is 5.99. The molecule has 30 heavy (non-hydrogen) atoms. The summed E-state index contributed by atoms with van der Waals surface area (Å²) in [5.41, 5.74) is 2.38. The number of aromatic amines is 1. The van der Waals surface area contributed by atoms with Gasteiger partial charge >= 0.3 is 6.03 Å². The second-order valence-corrected chi connectivity index (χ2v) is 6.78. The van der Waals surface area contributed by atoms with Gasteiger partial charge < -0.3 is 10.1 Å². The maximum atomic E-state index is 13.8. The molecule has 4 aromatic rings. The number of ether oxygens (including phenoxy) is 1. The number of hydrogen-bond acceptors (Lipinski definition) is 3. The van der Waals surface area contributed by atoms with Crippen molar-refractivity contribution in [3.63, 3.8) is 0 Å². The number of nitrogens with one attached hydrogen (secondary N) is 3. The van der Waals surface area contributed by atoms with Gasteiger partial charge in [0, 0.05) is 17.5 Å². The van der Waals surface area contributed by atoms with Crippen LogP contribution in [0.5, 0.6) is 5.75 Å². The van der Waals surface area contributed by atoms with Gasteiger partial charge in [-0.1, -0.05) is 48.5 Å². The molecule has 0 fully saturated rings. The molecule has 2 amide bonds. The van der Waals surface area contributed by atoms with E-state index in [4.69, 9.17) is 4.74 Å². The summed E-state index contributed by atoms with van der Waals surface area (Å²) in [4.78, 5) is 12.2. The van der Waals surface area contributed by atoms with E-state index in [1.54, 1.807) is 36.4 Å². The maximum Gasteiger partial charge on any atom is 0.320 e. The molecule has 0 saturated heterocycles. The first-order valence-corrected chi connectivity index (χ1v) is 9.62. The van der Waals surface area contributed by atoms with Crippen LogP contribution in [0.15, 0.2) is 72.8 Å². The van der Waals surface area contributed by atoms with Crippen LogP contribution in [0.25, 0.3) is 10.9 Å². The average Bonchev–Trinajstić information content (AvgIpc) is 3.16. The third kappa shape index (κ3) is 4.75. The van der Waals surface area contributed by atoms with Crippen LogP contribution in [0.3, 0.4) is 0 Å². The van der Waals surface area contributed by atoms with Crippen molar-refractivity contribution in [3.8, 4) is 5.75 Å². The van der Waals surface area contributed by atoms with E-state index < -0.39 is 0 Å². The molecule has 0 radical (unpaired) electrons. The molecule has 4 rings (SSSR count). The number of anilines is 1. The predicted octanol–water partition coefficient (Wildman–Crippen LogP) is 4.65. The molecule has 0 atom stereocenters. The number of carbonyl (C=O) groups excluding carboxylic acids is 1. The number of rotatable bonds is 7. The van der Waals surface area contributed by atoms with Crippen LogP contribution in [-0.4, -0.2) is 22.8 Å². The smallest absolute Gasteiger partial charge is 0.320 e. The van der Waals surface area contributed by atoms with Crippen LogP contribution in [0.4, 0.5) is 15.0 Å². The molecule has 7 heteroatoms. The van der Waals surface area contributed by atoms with E-state index in [1.807, 2.05) is 30.3 Å². The number of urea groups is 1. The number of nitrogens with zero attached hydrogens (tertiary/aromatic N) is 1. The highest BCUT2D eigenvalue weighted by Crippen LogP contribution is 2.26. The van der Waals surface area contributed by atoms with Gasteiger partial charge in [0.2, 0.25) is 0 Å². The zero-order valence-electron chi connectivity index (χ0n) is 16.2. The molecule has 1 heterocycles. The standard InChI is InChI=1S/C23H21FN4O2/c24-20-9-5-4-8-17(20)15-30-18-10-11-21-19(14-18)22(28-27-21)26-23(29)25-13-12-16-6-2-1-3-7-16/h1-11,14H,12-13,15H2,(H3,25,26,27,28,29). The molecule has 6 nitrogen and oxygen atoms in total. The number of amides is 2. The SMILES string of the molecule is O=C(NCCc1ccccc1)Nc1n[nH]c2ccc(OCc3ccccc3F)cc12. The Bertz CT molecular complexity index is 1140. The third-order valence-electron chi connectivity index (χ3n) is 4.66. The van der Waals surface area contributed by atoms with E-state index in [2.05, 4.69) is 20.8 Å². The minimum Gasteiger partial charge on any atom is -0.489 e. The molecule has 0 aliphatic heterocycles. The van der Waals surface area contributed by atoms with Gasteiger partial charge in [-0.05, 0) is 36.2 Å². The monoisotopic (exact) mass is 404 g/mol. The quantitative estimate of drug-likeness (QED) is 0.420. The summed E-state index contributed by atoms with van der Waals surface area (Å²) in [5, 5.41) is 13.3. The van der Waals surface area contributed by atoms with E-state index >= 15 is 0 Å². The third-order valence-corrected chi connectivity index (χ3v) is 4.66. The van der Waals surface area contributed by atoms with E-state index in [-0.39, 0.29) is 18.5 Å². The Balaban J connectivity index is 1.37. The predicted molar refractivity (Wildman–Crippen MR) is 114 cm³/mol. The van der Waals surface area contributed by atoms with Gasteiger partial charge in [-0.3, -0.25) is 10.4 Å². The number of benzene rings is 3. The largest absolute Gasteiger partial charge is 0.489 e. The van der Waals surface area contributed by atoms with Crippen LogP contribution in [-0.2, 0) is 13.0 Å². The van der Waals surface area contributed by atoms with Gasteiger partial charge in [-0.2, -0.15) is 5.10 Å². The van der Waals surface area contributed by atoms with Crippen LogP contribution in [0, 0.1) is 5.82 Å². The fourth-order valence-electron chi connectivity index (χ4n) is 3.07. The van der Waals surface area contributed by atoms with Crippen molar-refractivity contribution in [1.29, 1.82) is 0 Å². The molecule has 0 unspecified atom stereocenters. The Kier molecular flexibility index (Phi) is 5.89. The van der Waals surface area contributed by atoms with Crippen LogP contribution < -0.4 is 15.4 Å². The van der Waals surface area contributed by atoms with Gasteiger partial charge in [0.15, 0.2) is 5.82 Å². The summed E-state index contributed by atoms with van der Waals surface area (Å²) in [5.74, 6) is 0.648. The first-order chi connectivity index (χ1) is 14.7. The van der Waals surface area contributed by atoms with Crippen molar-refractivity contribution in [2.75, 3.05) is 11.9 Å². The lowest BCUT2D eigenvalue weighted by atomic mass is 10.1. The molecular formula is C23H21FN4O2. The zero-order valence-corrected chi connectivity index (χ0v) is 16.2. The fraction of sp³-hybridized carbons (Fsp3) is 0.130. The second-order valence-electron chi connectivity index (χ2n) is 6.78. The molecule has 3 N–H and O–H groups in total. The number of hydrogen-bond donors (Lipinski definition) is 3. The van der Waals surface area contributed by atoms with Crippen molar-refractivity contribution in [3.05, 3.63) is 89.7 Å². The lowest BCUT2D eigenvalue weighted by Gasteiger charge is -2.08. The number of H-pyrrole nitrogens is 1. The number of fused-ring (bicyclic) bond motifs is 1. The summed E-state index contributed by atoms with van der Waals surface area (Å²) in [7, 11) is 0. The highest BCUT2D eigenvalue weighted by Gasteiger charge is 2.11. The second kappa shape index (κ2) is 9.09. The van der Waals surface area contributed by atoms with Crippen LogP contribution in [0.1, 0.15) is 11.1 Å². The summed E-state index contributed by atoms with van der Waals surface area (Å²) in [6, 6.07) is 21.4. The Morgan fingerprint density at radius 3 is 2.67 bits per heavy atom. The minimum atomic E-state index is -0.336. The minimum absolute atomic E-state index is 0.110. The zero-order chi connectivity index (χ0) is 20.8. The molecule has 0 saturated carbocycles. The molecule has 152 valence electrons. The first kappa shape index (κ1) is 19.4. The van der Waals surface area contributed by atoms with E-state index in [0.29, 0.717) is 29.1 Å². The van der Waals surface area contributed by atoms with Crippen LogP contribution in [0.2, 0.25) is 0 Å². The molecule has 3 aromatic carbocycles. The molecule has 0 spiro atoms. The summed E-state index contributed by atoms with van der Waals surface area (Å²) in [6.07, 6.45) is 0.740. The van der Waals surface area contributed by atoms with Gasteiger partial charge in [0.1, 0.15) is 18.2 Å². The number of aromatic nitrogens is 2. The fourth-order valence-corrected chi connectivity index (χ4v) is 3.07. The highest BCUT2D eigenvalue weighted by atomic mass is 19.1. The Labute approximate surface area is 173 Å². The molecular weight excluding hydrogens is 383 g/mol. The van der Waals surface area contributed by atoms with Gasteiger partial charge in [-0.15, -0.1) is 0 Å². The number of carbonyl (C=O) groups is 1. The summed E-state index contributed by atoms with van der Waals surface area (Å²) < 4.78 is 19.5. The summed E-state index contributed by atoms with van der Waals surface area (Å²) >= 11 is 0. The van der Waals surface area contributed by atoms with E-state index in [9.17, 15) is 9.18 Å². The Morgan fingerprint density at radius 1 is 1.03 bits per heavy atom. The molecule has 0 bridgehead atoms. The lowest BCUT2D eigenvalue weighted by Crippen LogP contribution is -2.30. The Morgan fingerprint density at radius 2 is 1.83 bits per heavy atom. The van der Waals surface area contributed by atoms with Gasteiger partial charge in [0.25, 0.3) is 0 Å². The Hall–Kier alpha value is -3.87. The molecule has 0 aliphatic carbocycles. The molecule has 0 aliphatic rings.